The third-order valence-corrected chi connectivity index (χ3v) is 10.6. The van der Waals surface area contributed by atoms with E-state index in [9.17, 15) is 52.0 Å². The van der Waals surface area contributed by atoms with Gasteiger partial charge in [-0.2, -0.15) is 45.4 Å². The second kappa shape index (κ2) is 14.6. The standard InChI is InChI=1S/C12H14F5N3O4S.C9H15N5O7S2/c1-11(2)4-7(19-24-11)25(21,22)5-6-8(12(15,16)17)18-20(3)9(6)23-10(13)14;1-14(22(4,16)17)23(18,19)13-9(15)12-8-10-6(20-2)5-7(11-8)21-3/h10H,4-5H2,1-3H3;5H,1-4H3,(H2,10,11,12,13,15). The van der Waals surface area contributed by atoms with Gasteiger partial charge < -0.3 is 19.0 Å². The number of sulfone groups is 1. The van der Waals surface area contributed by atoms with Gasteiger partial charge in [0.1, 0.15) is 5.60 Å². The molecular weight excluding hydrogens is 731 g/mol. The van der Waals surface area contributed by atoms with Crippen LogP contribution in [0, 0.1) is 0 Å². The number of carbonyl (C=O) groups excluding carboxylic acids is 1. The number of oxime groups is 1. The van der Waals surface area contributed by atoms with Crippen molar-refractivity contribution in [2.45, 2.75) is 44.4 Å². The van der Waals surface area contributed by atoms with E-state index in [4.69, 9.17) is 14.3 Å². The number of nitrogens with zero attached hydrogens (tertiary/aromatic N) is 6. The van der Waals surface area contributed by atoms with Crippen LogP contribution in [0.5, 0.6) is 17.6 Å². The number of urea groups is 1. The average Bonchev–Trinajstić information content (AvgIpc) is 3.46. The van der Waals surface area contributed by atoms with Gasteiger partial charge >= 0.3 is 29.0 Å². The van der Waals surface area contributed by atoms with Crippen molar-refractivity contribution >= 4 is 47.1 Å². The van der Waals surface area contributed by atoms with Crippen molar-refractivity contribution < 1.29 is 71.0 Å². The van der Waals surface area contributed by atoms with Gasteiger partial charge in [-0.3, -0.25) is 5.32 Å². The number of ether oxygens (including phenoxy) is 3. The van der Waals surface area contributed by atoms with Gasteiger partial charge in [0.05, 0.1) is 37.9 Å². The molecular formula is C21H29F5N8O11S3. The monoisotopic (exact) mass is 760 g/mol. The molecule has 1 aliphatic heterocycles. The van der Waals surface area contributed by atoms with Gasteiger partial charge in [-0.15, -0.1) is 0 Å². The van der Waals surface area contributed by atoms with E-state index in [0.717, 1.165) is 14.1 Å². The minimum Gasteiger partial charge on any atom is -0.481 e. The molecule has 27 heteroatoms. The van der Waals surface area contributed by atoms with Crippen molar-refractivity contribution in [3.05, 3.63) is 17.3 Å². The molecule has 0 aliphatic carbocycles. The van der Waals surface area contributed by atoms with Gasteiger partial charge in [0.25, 0.3) is 0 Å². The van der Waals surface area contributed by atoms with Crippen LogP contribution in [0.15, 0.2) is 11.2 Å². The summed E-state index contributed by atoms with van der Waals surface area (Å²) in [5.74, 6) is -2.43. The molecule has 0 saturated heterocycles. The molecule has 19 nitrogen and oxygen atoms in total. The van der Waals surface area contributed by atoms with E-state index >= 15 is 0 Å². The number of anilines is 1. The molecule has 272 valence electrons. The molecule has 0 aromatic carbocycles. The van der Waals surface area contributed by atoms with Gasteiger partial charge in [0, 0.05) is 20.5 Å². The lowest BCUT2D eigenvalue weighted by Gasteiger charge is -2.15. The summed E-state index contributed by atoms with van der Waals surface area (Å²) < 4.78 is 150. The van der Waals surface area contributed by atoms with Crippen LogP contribution in [0.3, 0.4) is 0 Å². The van der Waals surface area contributed by atoms with E-state index < -0.39 is 82.4 Å². The van der Waals surface area contributed by atoms with Crippen LogP contribution in [-0.4, -0.2) is 99.5 Å². The number of nitrogens with one attached hydrogen (secondary N) is 2. The summed E-state index contributed by atoms with van der Waals surface area (Å²) in [6, 6.07) is 0.0628. The maximum Gasteiger partial charge on any atom is 0.435 e. The fourth-order valence-electron chi connectivity index (χ4n) is 3.34. The van der Waals surface area contributed by atoms with Gasteiger partial charge in [-0.05, 0) is 13.8 Å². The molecule has 2 N–H and O–H groups in total. The second-order valence-corrected chi connectivity index (χ2v) is 15.8. The van der Waals surface area contributed by atoms with Crippen molar-refractivity contribution in [2.75, 3.05) is 32.8 Å². The Morgan fingerprint density at radius 2 is 1.65 bits per heavy atom. The molecule has 0 radical (unpaired) electrons. The highest BCUT2D eigenvalue weighted by molar-refractivity contribution is 8.05. The Balaban J connectivity index is 0.000000335. The predicted octanol–water partition coefficient (Wildman–Crippen LogP) is 1.22. The number of alkyl halides is 5. The molecule has 3 rings (SSSR count). The molecule has 1 aliphatic rings. The number of rotatable bonds is 10. The summed E-state index contributed by atoms with van der Waals surface area (Å²) in [7, 11) is -8.70. The number of carbonyl (C=O) groups is 1. The van der Waals surface area contributed by atoms with Crippen LogP contribution in [0.1, 0.15) is 31.5 Å². The number of hydrogen-bond acceptors (Lipinski definition) is 15. The quantitative estimate of drug-likeness (QED) is 0.324. The Kier molecular flexibility index (Phi) is 12.2. The lowest BCUT2D eigenvalue weighted by atomic mass is 10.1. The van der Waals surface area contributed by atoms with E-state index in [-0.39, 0.29) is 27.8 Å². The van der Waals surface area contributed by atoms with E-state index in [1.165, 1.54) is 38.9 Å². The summed E-state index contributed by atoms with van der Waals surface area (Å²) in [6.45, 7) is -0.380. The Hall–Kier alpha value is -4.11. The van der Waals surface area contributed by atoms with Crippen LogP contribution in [0.4, 0.5) is 32.7 Å². The number of aromatic nitrogens is 4. The second-order valence-electron chi connectivity index (χ2n) is 9.88. The zero-order valence-corrected chi connectivity index (χ0v) is 28.3. The van der Waals surface area contributed by atoms with Crippen LogP contribution >= 0.6 is 0 Å². The largest absolute Gasteiger partial charge is 0.481 e. The first-order valence-electron chi connectivity index (χ1n) is 12.5. The zero-order valence-electron chi connectivity index (χ0n) is 25.9. The summed E-state index contributed by atoms with van der Waals surface area (Å²) in [5.41, 5.74) is -3.57. The topological polar surface area (TPSA) is 240 Å². The Bertz CT molecular complexity index is 1840. The minimum absolute atomic E-state index is 0.00654. The number of hydrogen-bond donors (Lipinski definition) is 2. The highest BCUT2D eigenvalue weighted by Crippen LogP contribution is 2.38. The van der Waals surface area contributed by atoms with Gasteiger partial charge in [-0.1, -0.05) is 8.87 Å². The van der Waals surface area contributed by atoms with Crippen molar-refractivity contribution in [1.82, 2.24) is 28.2 Å². The summed E-state index contributed by atoms with van der Waals surface area (Å²) in [4.78, 5) is 24.1. The molecule has 0 atom stereocenters. The fourth-order valence-corrected chi connectivity index (χ4v) is 6.82. The highest BCUT2D eigenvalue weighted by atomic mass is 32.3. The van der Waals surface area contributed by atoms with Crippen molar-refractivity contribution in [3.8, 4) is 17.6 Å². The molecule has 0 unspecified atom stereocenters. The van der Waals surface area contributed by atoms with E-state index in [0.29, 0.717) is 10.9 Å². The van der Waals surface area contributed by atoms with E-state index in [1.807, 2.05) is 5.32 Å². The number of amides is 2. The Morgan fingerprint density at radius 3 is 2.06 bits per heavy atom. The Morgan fingerprint density at radius 1 is 1.10 bits per heavy atom. The molecule has 2 aromatic rings. The molecule has 0 saturated carbocycles. The van der Waals surface area contributed by atoms with Crippen molar-refractivity contribution in [3.63, 3.8) is 0 Å². The van der Waals surface area contributed by atoms with Crippen LogP contribution in [0.25, 0.3) is 0 Å². The lowest BCUT2D eigenvalue weighted by molar-refractivity contribution is -0.142. The lowest BCUT2D eigenvalue weighted by Crippen LogP contribution is -2.45. The maximum atomic E-state index is 13.1. The smallest absolute Gasteiger partial charge is 0.435 e. The molecule has 0 bridgehead atoms. The number of aryl methyl sites for hydroxylation is 1. The number of sulfonamides is 1. The highest BCUT2D eigenvalue weighted by Gasteiger charge is 2.43. The predicted molar refractivity (Wildman–Crippen MR) is 153 cm³/mol. The van der Waals surface area contributed by atoms with Gasteiger partial charge in [-0.25, -0.2) is 31.0 Å². The maximum absolute atomic E-state index is 13.1. The average molecular weight is 761 g/mol. The normalized spacial score (nSPS) is 14.8. The SMILES string of the molecule is COc1cc(OC)nc(NC(=O)NS(=O)(=O)N(C)S(C)(=O)=O)n1.Cn1nc(C(F)(F)F)c(CS(=O)(=O)C2=NOC(C)(C)C2)c1OC(F)F. The van der Waals surface area contributed by atoms with Gasteiger partial charge in [0.2, 0.25) is 33.6 Å². The first-order chi connectivity index (χ1) is 21.7. The van der Waals surface area contributed by atoms with Crippen LogP contribution in [-0.2, 0) is 53.9 Å². The summed E-state index contributed by atoms with van der Waals surface area (Å²) in [6.07, 6.45) is -4.55. The molecule has 2 amide bonds. The Labute approximate surface area is 270 Å². The first-order valence-corrected chi connectivity index (χ1v) is 17.5. The third-order valence-electron chi connectivity index (χ3n) is 5.57. The molecule has 0 fully saturated rings. The zero-order chi connectivity index (χ0) is 37.0. The van der Waals surface area contributed by atoms with E-state index in [2.05, 4.69) is 25.0 Å². The van der Waals surface area contributed by atoms with E-state index in [1.54, 1.807) is 0 Å². The molecule has 48 heavy (non-hydrogen) atoms. The summed E-state index contributed by atoms with van der Waals surface area (Å²) >= 11 is 0. The molecule has 0 spiro atoms. The molecule has 2 aromatic heterocycles. The molecule has 3 heterocycles. The van der Waals surface area contributed by atoms with Crippen LogP contribution in [0.2, 0.25) is 0 Å². The third kappa shape index (κ3) is 10.7. The minimum atomic E-state index is -5.06. The number of halogens is 5. The van der Waals surface area contributed by atoms with Gasteiger partial charge in [0.15, 0.2) is 20.6 Å². The first kappa shape index (κ1) is 40.1. The fraction of sp³-hybridized carbons (Fsp3) is 0.571. The van der Waals surface area contributed by atoms with Crippen molar-refractivity contribution in [2.24, 2.45) is 12.2 Å². The summed E-state index contributed by atoms with van der Waals surface area (Å²) in [5, 5.41) is 8.00. The van der Waals surface area contributed by atoms with Crippen molar-refractivity contribution in [1.29, 1.82) is 0 Å². The van der Waals surface area contributed by atoms with Crippen LogP contribution < -0.4 is 24.2 Å². The number of methoxy groups -OCH3 is 2.